The molecule has 404 valence electrons. The van der Waals surface area contributed by atoms with Crippen LogP contribution in [0.3, 0.4) is 0 Å². The number of hydrogen-bond donors (Lipinski definition) is 7. The van der Waals surface area contributed by atoms with Crippen LogP contribution in [0.4, 0.5) is 0 Å². The van der Waals surface area contributed by atoms with Crippen molar-refractivity contribution in [3.63, 3.8) is 0 Å². The number of hydrogen-bond acceptors (Lipinski definition) is 18. The van der Waals surface area contributed by atoms with Crippen LogP contribution in [0, 0.1) is 11.8 Å². The van der Waals surface area contributed by atoms with Gasteiger partial charge < -0.3 is 73.6 Å². The number of ether oxygens (including phenoxy) is 8. The zero-order valence-electron chi connectivity index (χ0n) is 43.0. The van der Waals surface area contributed by atoms with Crippen molar-refractivity contribution in [2.24, 2.45) is 11.8 Å². The third kappa shape index (κ3) is 14.7. The zero-order chi connectivity index (χ0) is 54.1. The molecule has 3 aliphatic heterocycles. The Morgan fingerprint density at radius 2 is 1.57 bits per heavy atom. The molecule has 0 bridgehead atoms. The van der Waals surface area contributed by atoms with E-state index in [1.54, 1.807) is 53.7 Å². The summed E-state index contributed by atoms with van der Waals surface area (Å²) in [7, 11) is 1.26. The minimum absolute atomic E-state index is 0.0372. The number of phenols is 2. The molecule has 0 amide bonds. The molecule has 3 aliphatic rings. The van der Waals surface area contributed by atoms with E-state index in [2.05, 4.69) is 0 Å². The number of cyclic esters (lactones) is 1. The van der Waals surface area contributed by atoms with Crippen molar-refractivity contribution in [1.29, 1.82) is 0 Å². The zero-order valence-corrected chi connectivity index (χ0v) is 44.5. The van der Waals surface area contributed by atoms with Gasteiger partial charge in [0, 0.05) is 19.4 Å². The quantitative estimate of drug-likeness (QED) is 0.0655. The lowest BCUT2D eigenvalue weighted by molar-refractivity contribution is -0.333. The van der Waals surface area contributed by atoms with E-state index >= 15 is 0 Å². The Morgan fingerprint density at radius 3 is 2.17 bits per heavy atom. The molecule has 0 aromatic heterocycles. The fourth-order valence-electron chi connectivity index (χ4n) is 8.60. The second-order valence-corrected chi connectivity index (χ2v) is 20.1. The van der Waals surface area contributed by atoms with Crippen LogP contribution in [-0.4, -0.2) is 153 Å². The number of methoxy groups -OCH3 is 1. The van der Waals surface area contributed by atoms with Gasteiger partial charge in [-0.15, -0.1) is 0 Å². The minimum atomic E-state index is -1.61. The summed E-state index contributed by atoms with van der Waals surface area (Å²) in [6.45, 7) is 18.1. The van der Waals surface area contributed by atoms with Crippen molar-refractivity contribution in [2.45, 2.75) is 187 Å². The van der Waals surface area contributed by atoms with E-state index in [0.717, 1.165) is 0 Å². The van der Waals surface area contributed by atoms with E-state index < -0.39 is 144 Å². The predicted octanol–water partition coefficient (Wildman–Crippen LogP) is 6.23. The normalized spacial score (nSPS) is 34.8. The van der Waals surface area contributed by atoms with E-state index in [9.17, 15) is 50.1 Å². The first-order valence-corrected chi connectivity index (χ1v) is 24.9. The van der Waals surface area contributed by atoms with Crippen molar-refractivity contribution >= 4 is 41.1 Å². The summed E-state index contributed by atoms with van der Waals surface area (Å²) in [6, 6.07) is 0. The van der Waals surface area contributed by atoms with Gasteiger partial charge in [0.25, 0.3) is 0 Å². The number of esters is 3. The van der Waals surface area contributed by atoms with Crippen LogP contribution < -0.4 is 0 Å². The van der Waals surface area contributed by atoms with Crippen LogP contribution >= 0.6 is 23.2 Å². The number of benzene rings is 1. The van der Waals surface area contributed by atoms with Gasteiger partial charge in [0.15, 0.2) is 36.3 Å². The number of rotatable bonds is 13. The molecule has 1 aromatic rings. The SMILES string of the molecule is CCc1c(Cl)c(O)c(Cl)c(O)c1C(=O)OC1C(C)OC(OC/C2=C\C=C\CC(O)/C(C)=C\C(CC)C(OC3OC(C)(C)C(OC(=O)C(C)C)C(O)C3O)/C(C)=C/C(C)=C/CC(C(C)O)OC2=O)C(OC)C1O. The molecule has 72 heavy (non-hydrogen) atoms. The molecule has 20 heteroatoms. The Morgan fingerprint density at radius 1 is 0.903 bits per heavy atom. The first kappa shape index (κ1) is 60.7. The van der Waals surface area contributed by atoms with E-state index in [1.807, 2.05) is 32.9 Å². The second-order valence-electron chi connectivity index (χ2n) is 19.4. The van der Waals surface area contributed by atoms with E-state index in [4.69, 9.17) is 61.1 Å². The van der Waals surface area contributed by atoms with Gasteiger partial charge in [-0.2, -0.15) is 0 Å². The molecule has 18 nitrogen and oxygen atoms in total. The van der Waals surface area contributed by atoms with E-state index in [1.165, 1.54) is 33.1 Å². The number of aliphatic hydroxyl groups is 5. The van der Waals surface area contributed by atoms with Crippen molar-refractivity contribution in [1.82, 2.24) is 0 Å². The molecular formula is C52H74Cl2O18. The molecule has 1 aromatic carbocycles. The third-order valence-corrected chi connectivity index (χ3v) is 13.8. The van der Waals surface area contributed by atoms with Gasteiger partial charge in [-0.1, -0.05) is 86.9 Å². The Balaban J connectivity index is 1.61. The maximum atomic E-state index is 13.9. The summed E-state index contributed by atoms with van der Waals surface area (Å²) in [5.41, 5.74) is 0.318. The summed E-state index contributed by atoms with van der Waals surface area (Å²) in [5, 5.41) is 76.5. The Labute approximate surface area is 431 Å². The number of phenolic OH excluding ortho intramolecular Hbond substituents is 2. The standard InChI is InChI=1S/C52H74Cl2O18/c1-13-30-22-26(6)33(56)18-16-15-17-31(23-66-51-45(65-12)42(61)44(29(9)67-51)69-49(64)35-32(14-2)36(53)39(58)37(54)38(35)57)48(63)68-34(28(8)55)20-19-25(5)21-27(7)43(30)70-50-41(60)40(59)46(52(10,11)72-50)71-47(62)24(3)4/h15-17,19,21-22,24,28-30,33-34,40-46,50-51,55-61H,13-14,18,20,23H2,1-12H3/b16-15+,25-19+,26-22-,27-21+,31-17+. The van der Waals surface area contributed by atoms with E-state index in [0.29, 0.717) is 23.1 Å². The smallest absolute Gasteiger partial charge is 0.342 e. The van der Waals surface area contributed by atoms with Crippen molar-refractivity contribution < 1.29 is 88.0 Å². The van der Waals surface area contributed by atoms with Crippen LogP contribution in [-0.2, 0) is 53.9 Å². The number of aromatic hydroxyl groups is 2. The minimum Gasteiger partial charge on any atom is -0.505 e. The average Bonchev–Trinajstić information content (AvgIpc) is 3.32. The molecule has 3 heterocycles. The maximum absolute atomic E-state index is 13.9. The Hall–Kier alpha value is -3.89. The van der Waals surface area contributed by atoms with Gasteiger partial charge in [-0.25, -0.2) is 9.59 Å². The van der Waals surface area contributed by atoms with Crippen molar-refractivity contribution in [2.75, 3.05) is 13.7 Å². The van der Waals surface area contributed by atoms with Crippen LogP contribution in [0.5, 0.6) is 11.5 Å². The van der Waals surface area contributed by atoms with Gasteiger partial charge in [0.1, 0.15) is 46.7 Å². The maximum Gasteiger partial charge on any atom is 0.342 e. The summed E-state index contributed by atoms with van der Waals surface area (Å²) in [6.07, 6.45) is -5.45. The van der Waals surface area contributed by atoms with Gasteiger partial charge in [0.05, 0.1) is 47.5 Å². The lowest BCUT2D eigenvalue weighted by atomic mass is 9.88. The number of aliphatic hydroxyl groups excluding tert-OH is 5. The molecule has 2 saturated heterocycles. The molecule has 2 fully saturated rings. The highest BCUT2D eigenvalue weighted by molar-refractivity contribution is 6.39. The third-order valence-electron chi connectivity index (χ3n) is 13.0. The summed E-state index contributed by atoms with van der Waals surface area (Å²) >= 11 is 12.3. The molecule has 4 rings (SSSR count). The molecule has 14 unspecified atom stereocenters. The number of allylic oxidation sites excluding steroid dienone is 4. The van der Waals surface area contributed by atoms with Crippen molar-refractivity contribution in [3.8, 4) is 11.5 Å². The molecule has 0 aliphatic carbocycles. The van der Waals surface area contributed by atoms with Gasteiger partial charge >= 0.3 is 17.9 Å². The fourth-order valence-corrected chi connectivity index (χ4v) is 9.16. The molecule has 0 radical (unpaired) electrons. The highest BCUT2D eigenvalue weighted by Gasteiger charge is 2.53. The molecule has 14 atom stereocenters. The highest BCUT2D eigenvalue weighted by Crippen LogP contribution is 2.45. The molecular weight excluding hydrogens is 983 g/mol. The highest BCUT2D eigenvalue weighted by atomic mass is 35.5. The lowest BCUT2D eigenvalue weighted by Crippen LogP contribution is -2.64. The number of halogens is 2. The topological polar surface area (TPSA) is 267 Å². The summed E-state index contributed by atoms with van der Waals surface area (Å²) in [4.78, 5) is 40.0. The van der Waals surface area contributed by atoms with Crippen molar-refractivity contribution in [3.05, 3.63) is 79.9 Å². The average molecular weight is 1060 g/mol. The van der Waals surface area contributed by atoms with Gasteiger partial charge in [-0.05, 0) is 90.5 Å². The summed E-state index contributed by atoms with van der Waals surface area (Å²) < 4.78 is 47.5. The lowest BCUT2D eigenvalue weighted by Gasteiger charge is -2.47. The summed E-state index contributed by atoms with van der Waals surface area (Å²) in [5.74, 6) is -4.78. The van der Waals surface area contributed by atoms with Crippen LogP contribution in [0.1, 0.15) is 111 Å². The molecule has 0 spiro atoms. The van der Waals surface area contributed by atoms with Crippen LogP contribution in [0.2, 0.25) is 10.0 Å². The number of carbonyl (C=O) groups excluding carboxylic acids is 3. The molecule has 7 N–H and O–H groups in total. The number of carbonyl (C=O) groups is 3. The largest absolute Gasteiger partial charge is 0.505 e. The first-order chi connectivity index (χ1) is 33.7. The monoisotopic (exact) mass is 1060 g/mol. The fraction of sp³-hybridized carbons (Fsp3) is 0.635. The van der Waals surface area contributed by atoms with Gasteiger partial charge in [-0.3, -0.25) is 4.79 Å². The first-order valence-electron chi connectivity index (χ1n) is 24.2. The second kappa shape index (κ2) is 26.5. The predicted molar refractivity (Wildman–Crippen MR) is 265 cm³/mol. The molecule has 0 saturated carbocycles. The van der Waals surface area contributed by atoms with E-state index in [-0.39, 0.29) is 35.4 Å². The van der Waals surface area contributed by atoms with Crippen LogP contribution in [0.15, 0.2) is 58.7 Å². The van der Waals surface area contributed by atoms with Crippen LogP contribution in [0.25, 0.3) is 0 Å². The van der Waals surface area contributed by atoms with Gasteiger partial charge in [0.2, 0.25) is 0 Å². The Kier molecular flexibility index (Phi) is 22.4. The Bertz CT molecular complexity index is 2220.